The van der Waals surface area contributed by atoms with Gasteiger partial charge in [0.25, 0.3) is 5.69 Å². The van der Waals surface area contributed by atoms with Gasteiger partial charge in [-0.3, -0.25) is 14.9 Å². The van der Waals surface area contributed by atoms with E-state index in [0.717, 1.165) is 78.3 Å². The Kier molecular flexibility index (Phi) is 14.1. The first kappa shape index (κ1) is 46.4. The average Bonchev–Trinajstić information content (AvgIpc) is 4.04. The number of aryl methyl sites for hydroxylation is 2. The van der Waals surface area contributed by atoms with Gasteiger partial charge in [-0.05, 0) is 59.9 Å². The molecule has 10 heteroatoms. The Labute approximate surface area is 400 Å². The van der Waals surface area contributed by atoms with E-state index in [-0.39, 0.29) is 24.6 Å². The van der Waals surface area contributed by atoms with Crippen molar-refractivity contribution in [1.82, 2.24) is 9.97 Å². The van der Waals surface area contributed by atoms with Crippen LogP contribution < -0.4 is 5.32 Å². The Bertz CT molecular complexity index is 3250. The number of nitrogens with one attached hydrogen (secondary N) is 1. The number of hydrogen-bond donors (Lipinski definition) is 2. The minimum atomic E-state index is -0.906. The smallest absolute Gasteiger partial charge is 0.322 e. The molecule has 2 heterocycles. The number of rotatable bonds is 12. The van der Waals surface area contributed by atoms with Crippen LogP contribution in [0.1, 0.15) is 18.6 Å². The number of aromatic nitrogens is 2. The molecule has 0 bridgehead atoms. The SMILES string of the molecule is C.Cc1ccc(-c2ccccc2-c2nc(-c3ccccc3)c(-c3ccccc3)o2)cc1NCC(=O)O.Cc1ccc(-c2ccccc2-c2nc(-c3ccccc3)c(-c3ccccc3)o2)cc1[N+](=O)[O-]. The molecule has 0 aliphatic carbocycles. The van der Waals surface area contributed by atoms with Crippen molar-refractivity contribution < 1.29 is 23.7 Å². The third-order valence-corrected chi connectivity index (χ3v) is 11.4. The number of carbonyl (C=O) groups is 1. The number of aliphatic carboxylic acids is 1. The van der Waals surface area contributed by atoms with E-state index in [0.29, 0.717) is 28.9 Å². The van der Waals surface area contributed by atoms with Crippen LogP contribution in [0.4, 0.5) is 11.4 Å². The van der Waals surface area contributed by atoms with Gasteiger partial charge in [-0.25, -0.2) is 9.97 Å². The molecule has 8 aromatic carbocycles. The summed E-state index contributed by atoms with van der Waals surface area (Å²) in [7, 11) is 0. The molecule has 0 saturated heterocycles. The van der Waals surface area contributed by atoms with Crippen LogP contribution in [0.5, 0.6) is 0 Å². The van der Waals surface area contributed by atoms with Crippen molar-refractivity contribution in [1.29, 1.82) is 0 Å². The van der Waals surface area contributed by atoms with Crippen LogP contribution in [0.25, 0.3) is 90.3 Å². The lowest BCUT2D eigenvalue weighted by atomic mass is 9.97. The van der Waals surface area contributed by atoms with Gasteiger partial charge in [-0.2, -0.15) is 0 Å². The summed E-state index contributed by atoms with van der Waals surface area (Å²) in [5.41, 5.74) is 12.9. The van der Waals surface area contributed by atoms with Crippen LogP contribution in [0, 0.1) is 24.0 Å². The number of oxazole rings is 2. The van der Waals surface area contributed by atoms with Gasteiger partial charge in [0.1, 0.15) is 17.9 Å². The predicted molar refractivity (Wildman–Crippen MR) is 275 cm³/mol. The summed E-state index contributed by atoms with van der Waals surface area (Å²) in [5, 5.41) is 23.6. The van der Waals surface area contributed by atoms with E-state index < -0.39 is 5.97 Å². The molecule has 0 fully saturated rings. The first-order valence-electron chi connectivity index (χ1n) is 22.0. The Morgan fingerprint density at radius 2 is 0.884 bits per heavy atom. The van der Waals surface area contributed by atoms with Gasteiger partial charge in [0.15, 0.2) is 11.5 Å². The van der Waals surface area contributed by atoms with Gasteiger partial charge >= 0.3 is 5.97 Å². The second-order valence-corrected chi connectivity index (χ2v) is 16.0. The van der Waals surface area contributed by atoms with Gasteiger partial charge in [0.05, 0.1) is 4.92 Å². The molecule has 0 aliphatic rings. The minimum Gasteiger partial charge on any atom is -0.480 e. The fraction of sp³-hybridized carbons (Fsp3) is 0.0678. The molecule has 10 rings (SSSR count). The van der Waals surface area contributed by atoms with Crippen LogP contribution >= 0.6 is 0 Å². The van der Waals surface area contributed by atoms with E-state index in [2.05, 4.69) is 5.32 Å². The van der Waals surface area contributed by atoms with Crippen molar-refractivity contribution in [2.75, 3.05) is 11.9 Å². The van der Waals surface area contributed by atoms with Crippen LogP contribution in [0.3, 0.4) is 0 Å². The molecule has 0 unspecified atom stereocenters. The summed E-state index contributed by atoms with van der Waals surface area (Å²) in [6, 6.07) is 66.7. The Balaban J connectivity index is 0.000000184. The van der Waals surface area contributed by atoms with E-state index >= 15 is 0 Å². The fourth-order valence-electron chi connectivity index (χ4n) is 7.99. The monoisotopic (exact) mass is 908 g/mol. The van der Waals surface area contributed by atoms with Crippen molar-refractivity contribution >= 4 is 17.3 Å². The summed E-state index contributed by atoms with van der Waals surface area (Å²) in [6.45, 7) is 3.54. The third-order valence-electron chi connectivity index (χ3n) is 11.4. The highest BCUT2D eigenvalue weighted by atomic mass is 16.6. The van der Waals surface area contributed by atoms with Gasteiger partial charge in [-0.15, -0.1) is 0 Å². The van der Waals surface area contributed by atoms with E-state index in [9.17, 15) is 14.9 Å². The number of carboxylic acids is 1. The zero-order valence-corrected chi connectivity index (χ0v) is 37.2. The van der Waals surface area contributed by atoms with Crippen LogP contribution in [0.2, 0.25) is 0 Å². The highest BCUT2D eigenvalue weighted by Crippen LogP contribution is 2.42. The van der Waals surface area contributed by atoms with E-state index in [1.165, 1.54) is 0 Å². The highest BCUT2D eigenvalue weighted by Gasteiger charge is 2.23. The molecular formula is C59H48N4O6. The summed E-state index contributed by atoms with van der Waals surface area (Å²) >= 11 is 0. The molecule has 10 nitrogen and oxygen atoms in total. The first-order valence-corrected chi connectivity index (χ1v) is 22.0. The number of nitro groups is 1. The van der Waals surface area contributed by atoms with Gasteiger partial charge in [0, 0.05) is 50.7 Å². The van der Waals surface area contributed by atoms with Crippen molar-refractivity contribution in [3.63, 3.8) is 0 Å². The fourth-order valence-corrected chi connectivity index (χ4v) is 7.99. The highest BCUT2D eigenvalue weighted by molar-refractivity contribution is 5.87. The number of nitrogens with zero attached hydrogens (tertiary/aromatic N) is 3. The number of benzene rings is 8. The average molecular weight is 909 g/mol. The van der Waals surface area contributed by atoms with Gasteiger partial charge in [-0.1, -0.05) is 189 Å². The normalized spacial score (nSPS) is 10.6. The maximum Gasteiger partial charge on any atom is 0.322 e. The zero-order valence-electron chi connectivity index (χ0n) is 37.2. The van der Waals surface area contributed by atoms with E-state index in [1.54, 1.807) is 19.1 Å². The Hall–Kier alpha value is -9.15. The van der Waals surface area contributed by atoms with E-state index in [4.69, 9.17) is 23.9 Å². The molecule has 340 valence electrons. The van der Waals surface area contributed by atoms with Gasteiger partial charge in [0.2, 0.25) is 11.8 Å². The van der Waals surface area contributed by atoms with Crippen LogP contribution in [0.15, 0.2) is 215 Å². The minimum absolute atomic E-state index is 0. The van der Waals surface area contributed by atoms with Crippen molar-refractivity contribution in [2.45, 2.75) is 21.3 Å². The number of nitro benzene ring substituents is 1. The topological polar surface area (TPSA) is 145 Å². The molecular weight excluding hydrogens is 861 g/mol. The molecule has 0 spiro atoms. The largest absolute Gasteiger partial charge is 0.480 e. The Morgan fingerprint density at radius 1 is 0.507 bits per heavy atom. The summed E-state index contributed by atoms with van der Waals surface area (Å²) in [5.74, 6) is 1.48. The van der Waals surface area contributed by atoms with Crippen LogP contribution in [-0.2, 0) is 4.79 Å². The summed E-state index contributed by atoms with van der Waals surface area (Å²) < 4.78 is 12.8. The molecule has 0 aliphatic heterocycles. The predicted octanol–water partition coefficient (Wildman–Crippen LogP) is 15.3. The first-order chi connectivity index (χ1) is 33.2. The molecule has 0 saturated carbocycles. The summed E-state index contributed by atoms with van der Waals surface area (Å²) in [6.07, 6.45) is 0. The van der Waals surface area contributed by atoms with Crippen molar-refractivity contribution in [2.24, 2.45) is 0 Å². The molecule has 69 heavy (non-hydrogen) atoms. The number of carboxylic acid groups (broad SMARTS) is 1. The molecule has 0 atom stereocenters. The molecule has 0 amide bonds. The van der Waals surface area contributed by atoms with Crippen LogP contribution in [-0.4, -0.2) is 32.5 Å². The molecule has 0 radical (unpaired) electrons. The van der Waals surface area contributed by atoms with Crippen molar-refractivity contribution in [3.05, 3.63) is 227 Å². The molecule has 10 aromatic rings. The second kappa shape index (κ2) is 21.0. The van der Waals surface area contributed by atoms with Crippen molar-refractivity contribution in [3.8, 4) is 90.3 Å². The summed E-state index contributed by atoms with van der Waals surface area (Å²) in [4.78, 5) is 32.0. The third kappa shape index (κ3) is 10.3. The van der Waals surface area contributed by atoms with Gasteiger partial charge < -0.3 is 19.3 Å². The quantitative estimate of drug-likeness (QED) is 0.0904. The maximum atomic E-state index is 11.5. The molecule has 2 aromatic heterocycles. The zero-order chi connectivity index (χ0) is 47.0. The number of anilines is 1. The lowest BCUT2D eigenvalue weighted by Crippen LogP contribution is -2.13. The second-order valence-electron chi connectivity index (χ2n) is 16.0. The number of hydrogen-bond acceptors (Lipinski definition) is 8. The lowest BCUT2D eigenvalue weighted by molar-refractivity contribution is -0.385. The van der Waals surface area contributed by atoms with E-state index in [1.807, 2.05) is 201 Å². The maximum absolute atomic E-state index is 11.5. The Morgan fingerprint density at radius 3 is 1.30 bits per heavy atom. The lowest BCUT2D eigenvalue weighted by Gasteiger charge is -2.12. The molecule has 2 N–H and O–H groups in total. The standard InChI is InChI=1S/C30H24N2O3.C28H20N2O3.CH4/c1-20-16-17-23(18-26(20)31-19-27(33)34)24-14-8-9-15-25(24)30-32-28(21-10-4-2-5-11-21)29(35-30)22-12-6-3-7-13-22;1-19-16-17-22(18-25(19)30(31)32)23-14-8-9-15-24(23)28-29-26(20-10-4-2-5-11-20)27(33-28)21-12-6-3-7-13-21;/h2-18,31H,19H2,1H3,(H,33,34);2-18H,1H3;1H4.